The molecule has 108 valence electrons. The molecule has 0 aliphatic carbocycles. The van der Waals surface area contributed by atoms with Crippen LogP contribution in [0.3, 0.4) is 0 Å². The van der Waals surface area contributed by atoms with Gasteiger partial charge in [0, 0.05) is 26.1 Å². The number of nitrogens with zero attached hydrogens (tertiary/aromatic N) is 1. The van der Waals surface area contributed by atoms with Crippen molar-refractivity contribution >= 4 is 23.2 Å². The van der Waals surface area contributed by atoms with Gasteiger partial charge in [-0.2, -0.15) is 0 Å². The zero-order valence-corrected chi connectivity index (χ0v) is 11.4. The molecule has 0 radical (unpaired) electrons. The Balaban J connectivity index is 1.93. The van der Waals surface area contributed by atoms with Crippen molar-refractivity contribution in [3.8, 4) is 0 Å². The van der Waals surface area contributed by atoms with Gasteiger partial charge in [0.2, 0.25) is 5.91 Å². The second kappa shape index (κ2) is 6.27. The Kier molecular flexibility index (Phi) is 4.45. The Morgan fingerprint density at radius 2 is 1.95 bits per heavy atom. The van der Waals surface area contributed by atoms with Gasteiger partial charge in [-0.25, -0.2) is 0 Å². The number of rotatable bonds is 5. The molecule has 6 heteroatoms. The van der Waals surface area contributed by atoms with Crippen molar-refractivity contribution in [1.29, 1.82) is 0 Å². The van der Waals surface area contributed by atoms with Gasteiger partial charge in [0.1, 0.15) is 0 Å². The van der Waals surface area contributed by atoms with E-state index < -0.39 is 5.91 Å². The van der Waals surface area contributed by atoms with E-state index in [0.717, 1.165) is 25.9 Å². The number of nitrogens with one attached hydrogen (secondary N) is 1. The molecule has 1 aromatic rings. The van der Waals surface area contributed by atoms with Crippen molar-refractivity contribution < 1.29 is 9.59 Å². The van der Waals surface area contributed by atoms with E-state index in [1.165, 1.54) is 0 Å². The lowest BCUT2D eigenvalue weighted by atomic mass is 10.1. The van der Waals surface area contributed by atoms with Crippen molar-refractivity contribution in [2.24, 2.45) is 5.73 Å². The number of anilines is 2. The highest BCUT2D eigenvalue weighted by Gasteiger charge is 2.17. The van der Waals surface area contributed by atoms with Crippen LogP contribution in [0.4, 0.5) is 11.4 Å². The first-order valence-corrected chi connectivity index (χ1v) is 6.79. The smallest absolute Gasteiger partial charge is 0.250 e. The molecule has 1 saturated heterocycles. The van der Waals surface area contributed by atoms with Gasteiger partial charge in [0.05, 0.1) is 16.9 Å². The molecule has 1 heterocycles. The number of carbonyl (C=O) groups is 2. The highest BCUT2D eigenvalue weighted by molar-refractivity contribution is 6.01. The van der Waals surface area contributed by atoms with E-state index in [4.69, 9.17) is 11.5 Å². The summed E-state index contributed by atoms with van der Waals surface area (Å²) in [7, 11) is 0. The van der Waals surface area contributed by atoms with Gasteiger partial charge in [0.25, 0.3) is 5.91 Å². The van der Waals surface area contributed by atoms with Crippen LogP contribution >= 0.6 is 0 Å². The van der Waals surface area contributed by atoms with Crippen LogP contribution in [-0.4, -0.2) is 36.3 Å². The minimum Gasteiger partial charge on any atom is -0.397 e. The topological polar surface area (TPSA) is 101 Å². The van der Waals surface area contributed by atoms with Crippen LogP contribution in [0, 0.1) is 0 Å². The van der Waals surface area contributed by atoms with Gasteiger partial charge >= 0.3 is 0 Å². The average molecular weight is 276 g/mol. The second-order valence-corrected chi connectivity index (χ2v) is 4.90. The normalized spacial score (nSPS) is 14.3. The minimum atomic E-state index is -0.536. The highest BCUT2D eigenvalue weighted by atomic mass is 16.2. The number of benzene rings is 1. The number of carbonyl (C=O) groups excluding carboxylic acids is 2. The lowest BCUT2D eigenvalue weighted by Gasteiger charge is -2.16. The number of hydrogen-bond acceptors (Lipinski definition) is 4. The number of likely N-dealkylation sites (tertiary alicyclic amines) is 1. The van der Waals surface area contributed by atoms with Crippen molar-refractivity contribution in [3.05, 3.63) is 23.8 Å². The fourth-order valence-electron chi connectivity index (χ4n) is 2.39. The first-order valence-electron chi connectivity index (χ1n) is 6.79. The molecule has 0 unspecified atom stereocenters. The molecule has 6 nitrogen and oxygen atoms in total. The third-order valence-corrected chi connectivity index (χ3v) is 3.46. The standard InChI is InChI=1S/C14H20N4O2/c15-11-5-3-4-10(14(16)20)13(11)17-7-6-12(19)18-8-1-2-9-18/h3-5,17H,1-2,6-9,15H2,(H2,16,20). The first-order chi connectivity index (χ1) is 9.59. The molecule has 5 N–H and O–H groups in total. The van der Waals surface area contributed by atoms with Crippen molar-refractivity contribution in [3.63, 3.8) is 0 Å². The number of amides is 2. The Bertz CT molecular complexity index is 510. The summed E-state index contributed by atoms with van der Waals surface area (Å²) in [5, 5.41) is 3.04. The molecule has 0 aromatic heterocycles. The summed E-state index contributed by atoms with van der Waals surface area (Å²) in [5.74, 6) is -0.407. The Labute approximate surface area is 118 Å². The third-order valence-electron chi connectivity index (χ3n) is 3.46. The van der Waals surface area contributed by atoms with Crippen LogP contribution in [0.15, 0.2) is 18.2 Å². The lowest BCUT2D eigenvalue weighted by Crippen LogP contribution is -2.29. The Morgan fingerprint density at radius 1 is 1.25 bits per heavy atom. The fourth-order valence-corrected chi connectivity index (χ4v) is 2.39. The van der Waals surface area contributed by atoms with E-state index in [2.05, 4.69) is 5.32 Å². The van der Waals surface area contributed by atoms with Crippen LogP contribution in [0.5, 0.6) is 0 Å². The van der Waals surface area contributed by atoms with Crippen LogP contribution in [-0.2, 0) is 4.79 Å². The summed E-state index contributed by atoms with van der Waals surface area (Å²) >= 11 is 0. The maximum absolute atomic E-state index is 11.9. The van der Waals surface area contributed by atoms with Gasteiger partial charge in [-0.3, -0.25) is 9.59 Å². The van der Waals surface area contributed by atoms with Crippen molar-refractivity contribution in [2.45, 2.75) is 19.3 Å². The number of primary amides is 1. The summed E-state index contributed by atoms with van der Waals surface area (Å²) in [6.45, 7) is 2.13. The van der Waals surface area contributed by atoms with Crippen LogP contribution in [0.1, 0.15) is 29.6 Å². The molecular weight excluding hydrogens is 256 g/mol. The van der Waals surface area contributed by atoms with Gasteiger partial charge in [-0.1, -0.05) is 6.07 Å². The number of hydrogen-bond donors (Lipinski definition) is 3. The van der Waals surface area contributed by atoms with E-state index in [9.17, 15) is 9.59 Å². The van der Waals surface area contributed by atoms with Gasteiger partial charge in [-0.05, 0) is 25.0 Å². The summed E-state index contributed by atoms with van der Waals surface area (Å²) in [6, 6.07) is 4.98. The van der Waals surface area contributed by atoms with Crippen LogP contribution in [0.25, 0.3) is 0 Å². The Morgan fingerprint density at radius 3 is 2.60 bits per heavy atom. The summed E-state index contributed by atoms with van der Waals surface area (Å²) in [5.41, 5.74) is 12.4. The molecule has 0 saturated carbocycles. The maximum Gasteiger partial charge on any atom is 0.250 e. The summed E-state index contributed by atoms with van der Waals surface area (Å²) in [4.78, 5) is 25.1. The predicted octanol–water partition coefficient (Wildman–Crippen LogP) is 0.792. The van der Waals surface area contributed by atoms with Crippen molar-refractivity contribution in [2.75, 3.05) is 30.7 Å². The van der Waals surface area contributed by atoms with Crippen LogP contribution < -0.4 is 16.8 Å². The molecule has 2 rings (SSSR count). The fraction of sp³-hybridized carbons (Fsp3) is 0.429. The monoisotopic (exact) mass is 276 g/mol. The largest absolute Gasteiger partial charge is 0.397 e. The van der Waals surface area contributed by atoms with E-state index >= 15 is 0 Å². The second-order valence-electron chi connectivity index (χ2n) is 4.90. The number of para-hydroxylation sites is 1. The van der Waals surface area contributed by atoms with E-state index in [0.29, 0.717) is 29.9 Å². The van der Waals surface area contributed by atoms with E-state index in [1.54, 1.807) is 18.2 Å². The van der Waals surface area contributed by atoms with E-state index in [-0.39, 0.29) is 5.91 Å². The van der Waals surface area contributed by atoms with Crippen molar-refractivity contribution in [1.82, 2.24) is 4.90 Å². The molecule has 20 heavy (non-hydrogen) atoms. The minimum absolute atomic E-state index is 0.130. The SMILES string of the molecule is NC(=O)c1cccc(N)c1NCCC(=O)N1CCCC1. The molecule has 0 bridgehead atoms. The quantitative estimate of drug-likeness (QED) is 0.692. The number of nitrogen functional groups attached to an aromatic ring is 1. The van der Waals surface area contributed by atoms with Gasteiger partial charge in [0.15, 0.2) is 0 Å². The molecule has 1 fully saturated rings. The average Bonchev–Trinajstić information content (AvgIpc) is 2.94. The molecular formula is C14H20N4O2. The molecule has 1 aliphatic rings. The van der Waals surface area contributed by atoms with Gasteiger partial charge in [-0.15, -0.1) is 0 Å². The third kappa shape index (κ3) is 3.20. The lowest BCUT2D eigenvalue weighted by molar-refractivity contribution is -0.129. The molecule has 0 spiro atoms. The summed E-state index contributed by atoms with van der Waals surface area (Å²) in [6.07, 6.45) is 2.54. The van der Waals surface area contributed by atoms with E-state index in [1.807, 2.05) is 4.90 Å². The predicted molar refractivity (Wildman–Crippen MR) is 78.3 cm³/mol. The maximum atomic E-state index is 11.9. The molecule has 2 amide bonds. The Hall–Kier alpha value is -2.24. The highest BCUT2D eigenvalue weighted by Crippen LogP contribution is 2.23. The molecule has 1 aromatic carbocycles. The van der Waals surface area contributed by atoms with Crippen LogP contribution in [0.2, 0.25) is 0 Å². The van der Waals surface area contributed by atoms with Gasteiger partial charge < -0.3 is 21.7 Å². The summed E-state index contributed by atoms with van der Waals surface area (Å²) < 4.78 is 0. The molecule has 0 atom stereocenters. The zero-order chi connectivity index (χ0) is 14.5. The zero-order valence-electron chi connectivity index (χ0n) is 11.4. The molecule has 1 aliphatic heterocycles. The first kappa shape index (κ1) is 14.2. The number of nitrogens with two attached hydrogens (primary N) is 2.